The minimum Gasteiger partial charge on any atom is -0.357 e. The summed E-state index contributed by atoms with van der Waals surface area (Å²) in [5.41, 5.74) is 0.667. The Morgan fingerprint density at radius 1 is 1.40 bits per heavy atom. The van der Waals surface area contributed by atoms with Gasteiger partial charge in [0.1, 0.15) is 0 Å². The van der Waals surface area contributed by atoms with Gasteiger partial charge >= 0.3 is 0 Å². The highest BCUT2D eigenvalue weighted by Gasteiger charge is 2.13. The highest BCUT2D eigenvalue weighted by atomic mass is 32.1. The summed E-state index contributed by atoms with van der Waals surface area (Å²) in [4.78, 5) is 7.36. The molecule has 0 radical (unpaired) electrons. The molecule has 20 heavy (non-hydrogen) atoms. The fourth-order valence-corrected chi connectivity index (χ4v) is 2.67. The van der Waals surface area contributed by atoms with Gasteiger partial charge in [-0.05, 0) is 30.5 Å². The van der Waals surface area contributed by atoms with Crippen molar-refractivity contribution in [3.63, 3.8) is 0 Å². The third kappa shape index (κ3) is 3.77. The van der Waals surface area contributed by atoms with Gasteiger partial charge in [-0.25, -0.2) is 9.37 Å². The molecule has 108 valence electrons. The van der Waals surface area contributed by atoms with Crippen LogP contribution in [0.3, 0.4) is 0 Å². The highest BCUT2D eigenvalue weighted by Crippen LogP contribution is 2.19. The third-order valence-corrected chi connectivity index (χ3v) is 4.09. The summed E-state index contributed by atoms with van der Waals surface area (Å²) < 4.78 is 14.4. The van der Waals surface area contributed by atoms with Gasteiger partial charge in [-0.1, -0.05) is 13.0 Å². The van der Waals surface area contributed by atoms with E-state index in [0.29, 0.717) is 17.9 Å². The van der Waals surface area contributed by atoms with Crippen molar-refractivity contribution in [3.8, 4) is 0 Å². The Bertz CT molecular complexity index is 528. The van der Waals surface area contributed by atoms with Gasteiger partial charge in [0.05, 0.1) is 0 Å². The molecule has 2 aromatic heterocycles. The SMILES string of the molecule is CCNCc1ccnc(N(C)CCc2cccs2)c1F. The molecule has 0 atom stereocenters. The summed E-state index contributed by atoms with van der Waals surface area (Å²) in [6.07, 6.45) is 2.58. The molecular formula is C15H20FN3S. The molecule has 2 aromatic rings. The van der Waals surface area contributed by atoms with Crippen LogP contribution in [-0.4, -0.2) is 25.1 Å². The summed E-state index contributed by atoms with van der Waals surface area (Å²) in [6.45, 7) is 4.13. The van der Waals surface area contributed by atoms with E-state index < -0.39 is 0 Å². The van der Waals surface area contributed by atoms with Crippen LogP contribution >= 0.6 is 11.3 Å². The molecule has 5 heteroatoms. The van der Waals surface area contributed by atoms with E-state index in [2.05, 4.69) is 21.7 Å². The number of aromatic nitrogens is 1. The molecule has 0 aromatic carbocycles. The quantitative estimate of drug-likeness (QED) is 0.850. The Morgan fingerprint density at radius 3 is 2.95 bits per heavy atom. The van der Waals surface area contributed by atoms with Crippen LogP contribution < -0.4 is 10.2 Å². The van der Waals surface area contributed by atoms with E-state index in [1.807, 2.05) is 24.9 Å². The average molecular weight is 293 g/mol. The molecule has 2 heterocycles. The lowest BCUT2D eigenvalue weighted by molar-refractivity contribution is 0.583. The molecule has 1 N–H and O–H groups in total. The number of hydrogen-bond acceptors (Lipinski definition) is 4. The number of pyridine rings is 1. The Kier molecular flexibility index (Phi) is 5.49. The second kappa shape index (κ2) is 7.36. The largest absolute Gasteiger partial charge is 0.357 e. The van der Waals surface area contributed by atoms with E-state index in [0.717, 1.165) is 19.5 Å². The molecule has 0 saturated carbocycles. The number of nitrogens with one attached hydrogen (secondary N) is 1. The van der Waals surface area contributed by atoms with E-state index in [4.69, 9.17) is 0 Å². The molecule has 0 aliphatic rings. The lowest BCUT2D eigenvalue weighted by atomic mass is 10.2. The Hall–Kier alpha value is -1.46. The number of thiophene rings is 1. The topological polar surface area (TPSA) is 28.2 Å². The number of anilines is 1. The third-order valence-electron chi connectivity index (χ3n) is 3.15. The van der Waals surface area contributed by atoms with Gasteiger partial charge in [0.2, 0.25) is 0 Å². The predicted molar refractivity (Wildman–Crippen MR) is 82.9 cm³/mol. The maximum atomic E-state index is 14.4. The monoisotopic (exact) mass is 293 g/mol. The van der Waals surface area contributed by atoms with Crippen molar-refractivity contribution in [2.24, 2.45) is 0 Å². The van der Waals surface area contributed by atoms with Gasteiger partial charge in [-0.3, -0.25) is 0 Å². The lowest BCUT2D eigenvalue weighted by Crippen LogP contribution is -2.23. The first-order valence-corrected chi connectivity index (χ1v) is 7.68. The first kappa shape index (κ1) is 14.9. The van der Waals surface area contributed by atoms with Crippen molar-refractivity contribution in [2.75, 3.05) is 25.0 Å². The van der Waals surface area contributed by atoms with Crippen LogP contribution in [-0.2, 0) is 13.0 Å². The molecule has 0 amide bonds. The van der Waals surface area contributed by atoms with Crippen LogP contribution in [0.4, 0.5) is 10.2 Å². The van der Waals surface area contributed by atoms with E-state index in [1.54, 1.807) is 23.6 Å². The Morgan fingerprint density at radius 2 is 2.25 bits per heavy atom. The standard InChI is InChI=1S/C15H20FN3S/c1-3-17-11-12-6-8-18-15(14(12)16)19(2)9-7-13-5-4-10-20-13/h4-6,8,10,17H,3,7,9,11H2,1-2H3. The molecule has 3 nitrogen and oxygen atoms in total. The first-order valence-electron chi connectivity index (χ1n) is 6.80. The van der Waals surface area contributed by atoms with Gasteiger partial charge in [-0.2, -0.15) is 0 Å². The van der Waals surface area contributed by atoms with Crippen molar-refractivity contribution >= 4 is 17.2 Å². The maximum absolute atomic E-state index is 14.4. The fraction of sp³-hybridized carbons (Fsp3) is 0.400. The maximum Gasteiger partial charge on any atom is 0.170 e. The second-order valence-electron chi connectivity index (χ2n) is 4.64. The van der Waals surface area contributed by atoms with Gasteiger partial charge in [0.25, 0.3) is 0 Å². The minimum atomic E-state index is -0.220. The van der Waals surface area contributed by atoms with Crippen LogP contribution in [0.15, 0.2) is 29.8 Å². The van der Waals surface area contributed by atoms with Crippen molar-refractivity contribution in [1.29, 1.82) is 0 Å². The number of halogens is 1. The van der Waals surface area contributed by atoms with E-state index >= 15 is 0 Å². The first-order chi connectivity index (χ1) is 9.72. The molecule has 0 fully saturated rings. The van der Waals surface area contributed by atoms with Gasteiger partial charge in [-0.15, -0.1) is 11.3 Å². The van der Waals surface area contributed by atoms with Gasteiger partial charge in [0.15, 0.2) is 11.6 Å². The number of nitrogens with zero attached hydrogens (tertiary/aromatic N) is 2. The van der Waals surface area contributed by atoms with Crippen LogP contribution in [0.1, 0.15) is 17.4 Å². The molecule has 0 aliphatic carbocycles. The molecule has 0 saturated heterocycles. The second-order valence-corrected chi connectivity index (χ2v) is 5.67. The van der Waals surface area contributed by atoms with Crippen molar-refractivity contribution in [1.82, 2.24) is 10.3 Å². The van der Waals surface area contributed by atoms with E-state index in [1.165, 1.54) is 4.88 Å². The summed E-state index contributed by atoms with van der Waals surface area (Å²) in [7, 11) is 1.88. The normalized spacial score (nSPS) is 10.8. The van der Waals surface area contributed by atoms with E-state index in [-0.39, 0.29) is 5.82 Å². The van der Waals surface area contributed by atoms with Crippen molar-refractivity contribution in [3.05, 3.63) is 46.0 Å². The Labute approximate surface area is 123 Å². The number of likely N-dealkylation sites (N-methyl/N-ethyl adjacent to an activating group) is 1. The molecule has 2 rings (SSSR count). The molecular weight excluding hydrogens is 273 g/mol. The zero-order valence-electron chi connectivity index (χ0n) is 11.9. The number of rotatable bonds is 7. The van der Waals surface area contributed by atoms with Crippen molar-refractivity contribution < 1.29 is 4.39 Å². The summed E-state index contributed by atoms with van der Waals surface area (Å²) in [5, 5.41) is 5.20. The van der Waals surface area contributed by atoms with E-state index in [9.17, 15) is 4.39 Å². The summed E-state index contributed by atoms with van der Waals surface area (Å²) in [6, 6.07) is 5.87. The van der Waals surface area contributed by atoms with Crippen LogP contribution in [0.2, 0.25) is 0 Å². The minimum absolute atomic E-state index is 0.220. The zero-order chi connectivity index (χ0) is 14.4. The number of hydrogen-bond donors (Lipinski definition) is 1. The predicted octanol–water partition coefficient (Wildman–Crippen LogP) is 3.07. The summed E-state index contributed by atoms with van der Waals surface area (Å²) in [5.74, 6) is 0.207. The summed E-state index contributed by atoms with van der Waals surface area (Å²) >= 11 is 1.73. The molecule has 0 bridgehead atoms. The van der Waals surface area contributed by atoms with Gasteiger partial charge in [0, 0.05) is 36.8 Å². The van der Waals surface area contributed by atoms with Crippen LogP contribution in [0.5, 0.6) is 0 Å². The van der Waals surface area contributed by atoms with Crippen molar-refractivity contribution in [2.45, 2.75) is 19.9 Å². The molecule has 0 unspecified atom stereocenters. The highest BCUT2D eigenvalue weighted by molar-refractivity contribution is 7.09. The van der Waals surface area contributed by atoms with Gasteiger partial charge < -0.3 is 10.2 Å². The smallest absolute Gasteiger partial charge is 0.170 e. The fourth-order valence-electron chi connectivity index (χ4n) is 1.97. The molecule has 0 spiro atoms. The van der Waals surface area contributed by atoms with Crippen LogP contribution in [0.25, 0.3) is 0 Å². The zero-order valence-corrected chi connectivity index (χ0v) is 12.7. The Balaban J connectivity index is 2.03. The molecule has 0 aliphatic heterocycles. The lowest BCUT2D eigenvalue weighted by Gasteiger charge is -2.19. The average Bonchev–Trinajstić information content (AvgIpc) is 2.97. The van der Waals surface area contributed by atoms with Crippen LogP contribution in [0, 0.1) is 5.82 Å².